The Morgan fingerprint density at radius 2 is 1.09 bits per heavy atom. The van der Waals surface area contributed by atoms with Gasteiger partial charge in [0.2, 0.25) is 0 Å². The summed E-state index contributed by atoms with van der Waals surface area (Å²) >= 11 is 0. The van der Waals surface area contributed by atoms with Crippen LogP contribution in [0.3, 0.4) is 0 Å². The molecule has 0 aromatic carbocycles. The molecule has 22 heavy (non-hydrogen) atoms. The van der Waals surface area contributed by atoms with Gasteiger partial charge in [0.05, 0.1) is 52.5 Å². The fourth-order valence-corrected chi connectivity index (χ4v) is 1.37. The highest BCUT2D eigenvalue weighted by Crippen LogP contribution is 1.94. The van der Waals surface area contributed by atoms with E-state index in [0.29, 0.717) is 39.6 Å². The van der Waals surface area contributed by atoms with Crippen molar-refractivity contribution in [2.24, 2.45) is 0 Å². The molecule has 0 aromatic heterocycles. The first kappa shape index (κ1) is 21.0. The minimum atomic E-state index is -0.590. The summed E-state index contributed by atoms with van der Waals surface area (Å²) < 4.78 is 25.3. The lowest BCUT2D eigenvalue weighted by Crippen LogP contribution is -2.17. The molecule has 0 rings (SSSR count). The number of hydrogen-bond acceptors (Lipinski definition) is 7. The fourth-order valence-electron chi connectivity index (χ4n) is 1.37. The maximum atomic E-state index is 11.3. The predicted octanol–water partition coefficient (Wildman–Crippen LogP) is 1.33. The van der Waals surface area contributed by atoms with Crippen molar-refractivity contribution in [3.63, 3.8) is 0 Å². The Balaban J connectivity index is 3.37. The lowest BCUT2D eigenvalue weighted by atomic mass is 10.4. The first-order valence-electron chi connectivity index (χ1n) is 7.75. The van der Waals surface area contributed by atoms with Gasteiger partial charge in [-0.1, -0.05) is 6.92 Å². The fraction of sp³-hybridized carbons (Fsp3) is 0.867. The van der Waals surface area contributed by atoms with Crippen LogP contribution in [-0.4, -0.2) is 64.8 Å². The molecule has 0 saturated carbocycles. The standard InChI is InChI=1S/C15H28O7/c1-3-7-19-12-13-21-9-6-15(17)22-14(16)5-8-20-11-10-18-4-2/h3-13H2,1-2H3. The van der Waals surface area contributed by atoms with Crippen LogP contribution in [-0.2, 0) is 33.3 Å². The van der Waals surface area contributed by atoms with Gasteiger partial charge >= 0.3 is 11.9 Å². The van der Waals surface area contributed by atoms with Crippen LogP contribution in [0, 0.1) is 0 Å². The van der Waals surface area contributed by atoms with Crippen molar-refractivity contribution in [3.8, 4) is 0 Å². The summed E-state index contributed by atoms with van der Waals surface area (Å²) in [6, 6.07) is 0. The van der Waals surface area contributed by atoms with E-state index in [9.17, 15) is 9.59 Å². The third-order valence-corrected chi connectivity index (χ3v) is 2.43. The van der Waals surface area contributed by atoms with Crippen molar-refractivity contribution in [1.82, 2.24) is 0 Å². The van der Waals surface area contributed by atoms with Gasteiger partial charge in [0.25, 0.3) is 0 Å². The minimum Gasteiger partial charge on any atom is -0.393 e. The topological polar surface area (TPSA) is 80.3 Å². The van der Waals surface area contributed by atoms with Crippen LogP contribution in [0.25, 0.3) is 0 Å². The molecule has 0 aromatic rings. The molecule has 0 spiro atoms. The molecule has 0 aliphatic carbocycles. The highest BCUT2D eigenvalue weighted by Gasteiger charge is 2.10. The molecule has 0 heterocycles. The van der Waals surface area contributed by atoms with Crippen LogP contribution >= 0.6 is 0 Å². The van der Waals surface area contributed by atoms with E-state index in [4.69, 9.17) is 18.9 Å². The van der Waals surface area contributed by atoms with E-state index in [-0.39, 0.29) is 26.1 Å². The van der Waals surface area contributed by atoms with Gasteiger partial charge in [-0.05, 0) is 13.3 Å². The van der Waals surface area contributed by atoms with Gasteiger partial charge < -0.3 is 23.7 Å². The second kappa shape index (κ2) is 16.4. The van der Waals surface area contributed by atoms with Crippen molar-refractivity contribution in [3.05, 3.63) is 0 Å². The quantitative estimate of drug-likeness (QED) is 0.256. The average Bonchev–Trinajstić information content (AvgIpc) is 2.50. The molecule has 0 bridgehead atoms. The Morgan fingerprint density at radius 3 is 1.55 bits per heavy atom. The van der Waals surface area contributed by atoms with Gasteiger partial charge in [-0.25, -0.2) is 0 Å². The molecule has 130 valence electrons. The first-order chi connectivity index (χ1) is 10.7. The maximum absolute atomic E-state index is 11.3. The summed E-state index contributed by atoms with van der Waals surface area (Å²) in [5.74, 6) is -1.18. The number of hydrogen-bond donors (Lipinski definition) is 0. The van der Waals surface area contributed by atoms with E-state index >= 15 is 0 Å². The van der Waals surface area contributed by atoms with E-state index in [1.807, 2.05) is 13.8 Å². The van der Waals surface area contributed by atoms with E-state index in [2.05, 4.69) is 4.74 Å². The molecule has 0 atom stereocenters. The Hall–Kier alpha value is -1.02. The van der Waals surface area contributed by atoms with Crippen LogP contribution < -0.4 is 0 Å². The molecule has 7 nitrogen and oxygen atoms in total. The van der Waals surface area contributed by atoms with E-state index in [1.165, 1.54) is 0 Å². The summed E-state index contributed by atoms with van der Waals surface area (Å²) in [6.07, 6.45) is 1.05. The van der Waals surface area contributed by atoms with Crippen molar-refractivity contribution >= 4 is 11.9 Å². The number of ether oxygens (including phenoxy) is 5. The summed E-state index contributed by atoms with van der Waals surface area (Å²) in [4.78, 5) is 22.7. The summed E-state index contributed by atoms with van der Waals surface area (Å²) in [6.45, 7) is 7.52. The monoisotopic (exact) mass is 320 g/mol. The zero-order chi connectivity index (χ0) is 16.5. The second-order valence-corrected chi connectivity index (χ2v) is 4.38. The molecule has 0 aliphatic heterocycles. The van der Waals surface area contributed by atoms with Gasteiger partial charge in [0, 0.05) is 13.2 Å². The van der Waals surface area contributed by atoms with Gasteiger partial charge in [-0.15, -0.1) is 0 Å². The molecule has 0 radical (unpaired) electrons. The highest BCUT2D eigenvalue weighted by atomic mass is 16.6. The van der Waals surface area contributed by atoms with Crippen LogP contribution in [0.5, 0.6) is 0 Å². The Kier molecular flexibility index (Phi) is 15.6. The average molecular weight is 320 g/mol. The van der Waals surface area contributed by atoms with Gasteiger partial charge in [0.1, 0.15) is 0 Å². The Morgan fingerprint density at radius 1 is 0.636 bits per heavy atom. The van der Waals surface area contributed by atoms with Crippen LogP contribution in [0.1, 0.15) is 33.1 Å². The molecule has 0 N–H and O–H groups in total. The molecule has 7 heteroatoms. The van der Waals surface area contributed by atoms with Crippen LogP contribution in [0.2, 0.25) is 0 Å². The van der Waals surface area contributed by atoms with Crippen molar-refractivity contribution in [1.29, 1.82) is 0 Å². The zero-order valence-electron chi connectivity index (χ0n) is 13.6. The van der Waals surface area contributed by atoms with E-state index < -0.39 is 11.9 Å². The second-order valence-electron chi connectivity index (χ2n) is 4.38. The van der Waals surface area contributed by atoms with E-state index in [0.717, 1.165) is 6.42 Å². The number of carbonyl (C=O) groups is 2. The molecule has 0 unspecified atom stereocenters. The summed E-state index contributed by atoms with van der Waals surface area (Å²) in [7, 11) is 0. The molecule has 0 saturated heterocycles. The number of esters is 2. The summed E-state index contributed by atoms with van der Waals surface area (Å²) in [5, 5.41) is 0. The molecule has 0 fully saturated rings. The SMILES string of the molecule is CCCOCCOCCC(=O)OC(=O)CCOCCOCC. The third-order valence-electron chi connectivity index (χ3n) is 2.43. The third kappa shape index (κ3) is 15.4. The predicted molar refractivity (Wildman–Crippen MR) is 79.6 cm³/mol. The Bertz CT molecular complexity index is 281. The number of rotatable bonds is 15. The van der Waals surface area contributed by atoms with Crippen molar-refractivity contribution < 1.29 is 33.3 Å². The minimum absolute atomic E-state index is 0.0452. The van der Waals surface area contributed by atoms with Crippen molar-refractivity contribution in [2.45, 2.75) is 33.1 Å². The molecular formula is C15H28O7. The zero-order valence-corrected chi connectivity index (χ0v) is 13.6. The lowest BCUT2D eigenvalue weighted by Gasteiger charge is -2.06. The summed E-state index contributed by atoms with van der Waals surface area (Å²) in [5.41, 5.74) is 0. The lowest BCUT2D eigenvalue weighted by molar-refractivity contribution is -0.161. The Labute approximate surface area is 132 Å². The smallest absolute Gasteiger partial charge is 0.315 e. The first-order valence-corrected chi connectivity index (χ1v) is 7.75. The van der Waals surface area contributed by atoms with Gasteiger partial charge in [-0.3, -0.25) is 9.59 Å². The highest BCUT2D eigenvalue weighted by molar-refractivity contribution is 5.85. The van der Waals surface area contributed by atoms with Gasteiger partial charge in [0.15, 0.2) is 0 Å². The molecular weight excluding hydrogens is 292 g/mol. The molecule has 0 aliphatic rings. The van der Waals surface area contributed by atoms with Gasteiger partial charge in [-0.2, -0.15) is 0 Å². The number of carbonyl (C=O) groups excluding carboxylic acids is 2. The van der Waals surface area contributed by atoms with Crippen LogP contribution in [0.4, 0.5) is 0 Å². The maximum Gasteiger partial charge on any atom is 0.315 e. The van der Waals surface area contributed by atoms with Crippen LogP contribution in [0.15, 0.2) is 0 Å². The van der Waals surface area contributed by atoms with Crippen molar-refractivity contribution in [2.75, 3.05) is 52.9 Å². The van der Waals surface area contributed by atoms with E-state index in [1.54, 1.807) is 0 Å². The molecule has 0 amide bonds. The largest absolute Gasteiger partial charge is 0.393 e. The normalized spacial score (nSPS) is 10.6.